The number of likely N-dealkylation sites (tertiary alicyclic amines) is 1. The second-order valence-electron chi connectivity index (χ2n) is 9.88. The number of nitrogens with zero attached hydrogens (tertiary/aromatic N) is 1. The molecule has 4 rings (SSSR count). The van der Waals surface area contributed by atoms with E-state index in [-0.39, 0.29) is 17.2 Å². The maximum absolute atomic E-state index is 12.2. The van der Waals surface area contributed by atoms with Crippen molar-refractivity contribution in [3.8, 4) is 5.75 Å². The van der Waals surface area contributed by atoms with Crippen molar-refractivity contribution in [2.45, 2.75) is 63.5 Å². The summed E-state index contributed by atoms with van der Waals surface area (Å²) in [6.07, 6.45) is 8.18. The molecule has 1 aliphatic heterocycles. The molecule has 0 radical (unpaired) electrons. The lowest BCUT2D eigenvalue weighted by atomic mass is 9.89. The second kappa shape index (κ2) is 11.8. The van der Waals surface area contributed by atoms with Crippen LogP contribution in [0.1, 0.15) is 63.0 Å². The van der Waals surface area contributed by atoms with Crippen LogP contribution in [0.5, 0.6) is 5.75 Å². The number of benzene rings is 1. The van der Waals surface area contributed by atoms with Crippen LogP contribution >= 0.6 is 0 Å². The number of phenolic OH excluding ortho intramolecular Hbond substituents is 1. The van der Waals surface area contributed by atoms with Gasteiger partial charge in [0.2, 0.25) is 11.5 Å². The summed E-state index contributed by atoms with van der Waals surface area (Å²) in [5.41, 5.74) is 0.731. The summed E-state index contributed by atoms with van der Waals surface area (Å²) in [6.45, 7) is 3.90. The lowest BCUT2D eigenvalue weighted by Crippen LogP contribution is -2.44. The summed E-state index contributed by atoms with van der Waals surface area (Å²) in [5, 5.41) is 28.0. The van der Waals surface area contributed by atoms with Crippen LogP contribution in [-0.2, 0) is 4.79 Å². The van der Waals surface area contributed by atoms with Gasteiger partial charge in [0.25, 0.3) is 0 Å². The number of aliphatic hydroxyl groups excluding tert-OH is 1. The summed E-state index contributed by atoms with van der Waals surface area (Å²) in [4.78, 5) is 28.8. The summed E-state index contributed by atoms with van der Waals surface area (Å²) in [7, 11) is 0. The van der Waals surface area contributed by atoms with Crippen LogP contribution in [-0.4, -0.2) is 64.8 Å². The molecule has 34 heavy (non-hydrogen) atoms. The van der Waals surface area contributed by atoms with Gasteiger partial charge in [-0.2, -0.15) is 0 Å². The van der Waals surface area contributed by atoms with Crippen molar-refractivity contribution in [3.63, 3.8) is 0 Å². The van der Waals surface area contributed by atoms with E-state index in [4.69, 9.17) is 0 Å². The van der Waals surface area contributed by atoms with E-state index < -0.39 is 6.10 Å². The smallest absolute Gasteiger partial charge is 0.248 e. The monoisotopic (exact) mass is 470 g/mol. The summed E-state index contributed by atoms with van der Waals surface area (Å²) >= 11 is 0. The molecule has 8 nitrogen and oxygen atoms in total. The van der Waals surface area contributed by atoms with E-state index in [1.807, 2.05) is 0 Å². The first-order chi connectivity index (χ1) is 16.5. The molecule has 2 aliphatic rings. The van der Waals surface area contributed by atoms with E-state index in [0.29, 0.717) is 41.4 Å². The highest BCUT2D eigenvalue weighted by molar-refractivity contribution is 5.87. The number of rotatable bonds is 9. The van der Waals surface area contributed by atoms with Crippen molar-refractivity contribution < 1.29 is 15.0 Å². The zero-order chi connectivity index (χ0) is 23.9. The summed E-state index contributed by atoms with van der Waals surface area (Å²) in [5.74, 6) is 0.819. The van der Waals surface area contributed by atoms with Crippen LogP contribution in [0.3, 0.4) is 0 Å². The van der Waals surface area contributed by atoms with Gasteiger partial charge in [0.05, 0.1) is 11.6 Å². The first kappa shape index (κ1) is 24.7. The molecule has 2 heterocycles. The Morgan fingerprint density at radius 3 is 2.62 bits per heavy atom. The fraction of sp³-hybridized carbons (Fsp3) is 0.615. The first-order valence-electron chi connectivity index (χ1n) is 12.7. The van der Waals surface area contributed by atoms with Crippen molar-refractivity contribution >= 4 is 16.8 Å². The number of carbonyl (C=O) groups excluding carboxylic acids is 1. The molecule has 2 aromatic rings. The molecule has 8 heteroatoms. The van der Waals surface area contributed by atoms with E-state index >= 15 is 0 Å². The standard InChI is InChI=1S/C26H38N4O4/c31-22-8-6-20(21-7-9-25(34)29-26(21)22)23(32)17-27-19-10-13-30(14-11-19)15-12-24(33)28-16-18-4-2-1-3-5-18/h6-9,18-19,23,27,31-32H,1-5,10-17H2,(H,28,33)(H,29,34). The van der Waals surface area contributed by atoms with E-state index in [1.54, 1.807) is 12.1 Å². The molecule has 1 saturated carbocycles. The number of amides is 1. The van der Waals surface area contributed by atoms with Gasteiger partial charge in [-0.05, 0) is 62.4 Å². The van der Waals surface area contributed by atoms with Crippen LogP contribution in [0.2, 0.25) is 0 Å². The number of aliphatic hydroxyl groups is 1. The largest absolute Gasteiger partial charge is 0.506 e. The Morgan fingerprint density at radius 2 is 1.85 bits per heavy atom. The number of fused-ring (bicyclic) bond motifs is 1. The number of carbonyl (C=O) groups is 1. The number of aromatic hydroxyl groups is 1. The maximum Gasteiger partial charge on any atom is 0.248 e. The van der Waals surface area contributed by atoms with Crippen LogP contribution in [0.4, 0.5) is 0 Å². The van der Waals surface area contributed by atoms with Gasteiger partial charge in [-0.15, -0.1) is 0 Å². The molecule has 5 N–H and O–H groups in total. The number of aromatic nitrogens is 1. The van der Waals surface area contributed by atoms with Crippen LogP contribution < -0.4 is 16.2 Å². The van der Waals surface area contributed by atoms with Crippen molar-refractivity contribution in [2.24, 2.45) is 5.92 Å². The highest BCUT2D eigenvalue weighted by Crippen LogP contribution is 2.28. The van der Waals surface area contributed by atoms with Gasteiger partial charge in [0, 0.05) is 43.5 Å². The minimum Gasteiger partial charge on any atom is -0.506 e. The lowest BCUT2D eigenvalue weighted by molar-refractivity contribution is -0.121. The number of hydrogen-bond acceptors (Lipinski definition) is 6. The molecular weight excluding hydrogens is 432 g/mol. The van der Waals surface area contributed by atoms with E-state index in [1.165, 1.54) is 44.2 Å². The van der Waals surface area contributed by atoms with Gasteiger partial charge in [0.1, 0.15) is 5.75 Å². The Kier molecular flexibility index (Phi) is 8.59. The molecule has 1 saturated heterocycles. The minimum atomic E-state index is -0.750. The van der Waals surface area contributed by atoms with Crippen LogP contribution in [0.25, 0.3) is 10.9 Å². The molecule has 1 unspecified atom stereocenters. The van der Waals surface area contributed by atoms with Crippen molar-refractivity contribution in [2.75, 3.05) is 32.7 Å². The number of pyridine rings is 1. The Morgan fingerprint density at radius 1 is 1.09 bits per heavy atom. The van der Waals surface area contributed by atoms with Crippen LogP contribution in [0.15, 0.2) is 29.1 Å². The summed E-state index contributed by atoms with van der Waals surface area (Å²) < 4.78 is 0. The van der Waals surface area contributed by atoms with Gasteiger partial charge < -0.3 is 30.7 Å². The molecule has 1 aromatic heterocycles. The number of piperidine rings is 1. The Hall–Kier alpha value is -2.42. The zero-order valence-electron chi connectivity index (χ0n) is 19.9. The molecule has 186 valence electrons. The molecule has 1 amide bonds. The zero-order valence-corrected chi connectivity index (χ0v) is 19.9. The highest BCUT2D eigenvalue weighted by atomic mass is 16.3. The van der Waals surface area contributed by atoms with Gasteiger partial charge in [-0.3, -0.25) is 9.59 Å². The van der Waals surface area contributed by atoms with Gasteiger partial charge in [-0.1, -0.05) is 25.3 Å². The molecular formula is C26H38N4O4. The van der Waals surface area contributed by atoms with Crippen molar-refractivity contribution in [1.82, 2.24) is 20.5 Å². The quantitative estimate of drug-likeness (QED) is 0.384. The predicted molar refractivity (Wildman–Crippen MR) is 133 cm³/mol. The average molecular weight is 471 g/mol. The molecule has 1 aliphatic carbocycles. The van der Waals surface area contributed by atoms with Crippen molar-refractivity contribution in [3.05, 3.63) is 40.2 Å². The number of aromatic amines is 1. The normalized spacial score (nSPS) is 19.3. The fourth-order valence-corrected chi connectivity index (χ4v) is 5.30. The fourth-order valence-electron chi connectivity index (χ4n) is 5.30. The molecule has 1 aromatic carbocycles. The Balaban J connectivity index is 1.17. The van der Waals surface area contributed by atoms with Gasteiger partial charge in [0.15, 0.2) is 0 Å². The average Bonchev–Trinajstić information content (AvgIpc) is 2.86. The predicted octanol–water partition coefficient (Wildman–Crippen LogP) is 2.41. The number of phenols is 1. The Bertz CT molecular complexity index is 1010. The topological polar surface area (TPSA) is 118 Å². The van der Waals surface area contributed by atoms with E-state index in [0.717, 1.165) is 39.0 Å². The molecule has 0 bridgehead atoms. The third-order valence-corrected chi connectivity index (χ3v) is 7.42. The van der Waals surface area contributed by atoms with Crippen molar-refractivity contribution in [1.29, 1.82) is 0 Å². The minimum absolute atomic E-state index is 0.00773. The Labute approximate surface area is 200 Å². The molecule has 1 atom stereocenters. The van der Waals surface area contributed by atoms with E-state index in [2.05, 4.69) is 20.5 Å². The number of H-pyrrole nitrogens is 1. The van der Waals surface area contributed by atoms with Crippen LogP contribution in [0, 0.1) is 5.92 Å². The van der Waals surface area contributed by atoms with Gasteiger partial charge >= 0.3 is 0 Å². The van der Waals surface area contributed by atoms with Gasteiger partial charge in [-0.25, -0.2) is 0 Å². The number of nitrogens with one attached hydrogen (secondary N) is 3. The van der Waals surface area contributed by atoms with E-state index in [9.17, 15) is 19.8 Å². The SMILES string of the molecule is O=C(CCN1CCC(NCC(O)c2ccc(O)c3[nH]c(=O)ccc23)CC1)NCC1CCCCC1. The highest BCUT2D eigenvalue weighted by Gasteiger charge is 2.21. The molecule has 0 spiro atoms. The number of hydrogen-bond donors (Lipinski definition) is 5. The third-order valence-electron chi connectivity index (χ3n) is 7.42. The molecule has 2 fully saturated rings. The first-order valence-corrected chi connectivity index (χ1v) is 12.7. The second-order valence-corrected chi connectivity index (χ2v) is 9.88. The lowest BCUT2D eigenvalue weighted by Gasteiger charge is -2.33. The maximum atomic E-state index is 12.2. The summed E-state index contributed by atoms with van der Waals surface area (Å²) in [6, 6.07) is 6.55. The third kappa shape index (κ3) is 6.58.